The normalized spacial score (nSPS) is 18.7. The molecular formula is C18H22FN5O5. The number of cyclic esters (lactones) is 1. The molecule has 1 saturated heterocycles. The van der Waals surface area contributed by atoms with E-state index in [-0.39, 0.29) is 37.8 Å². The average molecular weight is 407 g/mol. The Morgan fingerprint density at radius 1 is 1.38 bits per heavy atom. The maximum absolute atomic E-state index is 14.7. The summed E-state index contributed by atoms with van der Waals surface area (Å²) in [7, 11) is 0. The fourth-order valence-electron chi connectivity index (χ4n) is 2.95. The summed E-state index contributed by atoms with van der Waals surface area (Å²) in [5.41, 5.74) is 0.618. The van der Waals surface area contributed by atoms with E-state index in [1.54, 1.807) is 17.9 Å². The predicted octanol–water partition coefficient (Wildman–Crippen LogP) is 1.51. The van der Waals surface area contributed by atoms with Crippen LogP contribution in [-0.2, 0) is 14.3 Å². The quantitative estimate of drug-likeness (QED) is 0.794. The van der Waals surface area contributed by atoms with Crippen molar-refractivity contribution in [2.45, 2.75) is 20.0 Å². The fourth-order valence-corrected chi connectivity index (χ4v) is 2.95. The van der Waals surface area contributed by atoms with Gasteiger partial charge in [-0.15, -0.1) is 0 Å². The van der Waals surface area contributed by atoms with Crippen LogP contribution in [0.5, 0.6) is 0 Å². The highest BCUT2D eigenvalue weighted by Crippen LogP contribution is 2.28. The first-order valence-electron chi connectivity index (χ1n) is 9.16. The van der Waals surface area contributed by atoms with E-state index in [1.165, 1.54) is 35.3 Å². The molecule has 0 spiro atoms. The largest absolute Gasteiger partial charge is 0.448 e. The monoisotopic (exact) mass is 407 g/mol. The van der Waals surface area contributed by atoms with E-state index in [4.69, 9.17) is 9.47 Å². The maximum atomic E-state index is 14.7. The summed E-state index contributed by atoms with van der Waals surface area (Å²) in [6, 6.07) is 4.38. The third kappa shape index (κ3) is 4.73. The molecule has 1 aromatic rings. The Labute approximate surface area is 166 Å². The van der Waals surface area contributed by atoms with Gasteiger partial charge >= 0.3 is 12.2 Å². The Hall–Kier alpha value is -3.37. The van der Waals surface area contributed by atoms with Crippen LogP contribution < -0.4 is 15.1 Å². The number of nitrogens with one attached hydrogen (secondary N) is 1. The number of ether oxygens (including phenoxy) is 2. The first kappa shape index (κ1) is 20.4. The minimum atomic E-state index is -0.600. The Morgan fingerprint density at radius 3 is 2.79 bits per heavy atom. The highest BCUT2D eigenvalue weighted by atomic mass is 19.1. The molecule has 2 aliphatic heterocycles. The van der Waals surface area contributed by atoms with Crippen molar-refractivity contribution >= 4 is 35.8 Å². The number of hydrogen-bond donors (Lipinski definition) is 1. The van der Waals surface area contributed by atoms with Crippen LogP contribution in [0.15, 0.2) is 23.3 Å². The second kappa shape index (κ2) is 8.76. The molecule has 1 unspecified atom stereocenters. The molecule has 0 aromatic heterocycles. The van der Waals surface area contributed by atoms with Crippen molar-refractivity contribution in [1.29, 1.82) is 0 Å². The van der Waals surface area contributed by atoms with E-state index in [0.717, 1.165) is 0 Å². The van der Waals surface area contributed by atoms with Gasteiger partial charge in [-0.2, -0.15) is 10.1 Å². The molecule has 3 rings (SSSR count). The van der Waals surface area contributed by atoms with Gasteiger partial charge in [-0.3, -0.25) is 9.69 Å². The SMILES string of the molecule is CCOC(=O)N1CCN(c2ccc(N3CC(CNC(C)=O)OC3=O)cc2F)C=N1. The van der Waals surface area contributed by atoms with Crippen molar-refractivity contribution in [3.63, 3.8) is 0 Å². The van der Waals surface area contributed by atoms with Gasteiger partial charge in [0.05, 0.1) is 37.6 Å². The summed E-state index contributed by atoms with van der Waals surface area (Å²) in [4.78, 5) is 37.6. The van der Waals surface area contributed by atoms with Crippen LogP contribution in [0.25, 0.3) is 0 Å². The van der Waals surface area contributed by atoms with Crippen molar-refractivity contribution in [2.75, 3.05) is 42.6 Å². The molecule has 1 fully saturated rings. The molecular weight excluding hydrogens is 385 g/mol. The van der Waals surface area contributed by atoms with Crippen molar-refractivity contribution in [1.82, 2.24) is 10.3 Å². The molecule has 1 aromatic carbocycles. The highest BCUT2D eigenvalue weighted by Gasteiger charge is 2.33. The van der Waals surface area contributed by atoms with Gasteiger partial charge in [-0.1, -0.05) is 0 Å². The fraction of sp³-hybridized carbons (Fsp3) is 0.444. The van der Waals surface area contributed by atoms with E-state index < -0.39 is 24.1 Å². The van der Waals surface area contributed by atoms with Crippen LogP contribution in [0, 0.1) is 5.82 Å². The topological polar surface area (TPSA) is 104 Å². The summed E-state index contributed by atoms with van der Waals surface area (Å²) in [5, 5.41) is 7.73. The number of carbonyl (C=O) groups is 3. The standard InChI is InChI=1S/C18H22FN5O5/c1-3-28-18(27)24-7-6-22(11-21-24)16-5-4-13(8-15(16)19)23-10-14(29-17(23)26)9-20-12(2)25/h4-5,8,11,14H,3,6-7,9-10H2,1-2H3,(H,20,25). The number of amides is 3. The molecule has 0 radical (unpaired) electrons. The second-order valence-corrected chi connectivity index (χ2v) is 6.44. The maximum Gasteiger partial charge on any atom is 0.430 e. The Morgan fingerprint density at radius 2 is 2.17 bits per heavy atom. The molecule has 156 valence electrons. The van der Waals surface area contributed by atoms with E-state index in [2.05, 4.69) is 10.4 Å². The highest BCUT2D eigenvalue weighted by molar-refractivity contribution is 5.90. The van der Waals surface area contributed by atoms with Crippen molar-refractivity contribution < 1.29 is 28.2 Å². The lowest BCUT2D eigenvalue weighted by molar-refractivity contribution is -0.119. The predicted molar refractivity (Wildman–Crippen MR) is 102 cm³/mol. The summed E-state index contributed by atoms with van der Waals surface area (Å²) in [6.45, 7) is 4.31. The Balaban J connectivity index is 1.67. The number of benzene rings is 1. The van der Waals surface area contributed by atoms with Crippen molar-refractivity contribution in [3.8, 4) is 0 Å². The minimum absolute atomic E-state index is 0.194. The summed E-state index contributed by atoms with van der Waals surface area (Å²) in [5.74, 6) is -0.767. The molecule has 2 heterocycles. The number of carbonyl (C=O) groups excluding carboxylic acids is 3. The smallest absolute Gasteiger partial charge is 0.430 e. The number of nitrogens with zero attached hydrogens (tertiary/aromatic N) is 4. The third-order valence-electron chi connectivity index (χ3n) is 4.37. The van der Waals surface area contributed by atoms with Crippen LogP contribution in [0.1, 0.15) is 13.8 Å². The minimum Gasteiger partial charge on any atom is -0.448 e. The molecule has 2 aliphatic rings. The molecule has 3 amide bonds. The number of hydrazone groups is 1. The summed E-state index contributed by atoms with van der Waals surface area (Å²) >= 11 is 0. The van der Waals surface area contributed by atoms with Gasteiger partial charge < -0.3 is 19.7 Å². The van der Waals surface area contributed by atoms with Gasteiger partial charge in [0, 0.05) is 13.5 Å². The molecule has 29 heavy (non-hydrogen) atoms. The van der Waals surface area contributed by atoms with Gasteiger partial charge in [0.25, 0.3) is 0 Å². The molecule has 0 bridgehead atoms. The second-order valence-electron chi connectivity index (χ2n) is 6.44. The Bertz CT molecular complexity index is 833. The zero-order valence-electron chi connectivity index (χ0n) is 16.1. The number of hydrogen-bond acceptors (Lipinski definition) is 7. The van der Waals surface area contributed by atoms with Gasteiger partial charge in [0.15, 0.2) is 0 Å². The number of anilines is 2. The van der Waals surface area contributed by atoms with Crippen LogP contribution in [0.4, 0.5) is 25.4 Å². The average Bonchev–Trinajstić information content (AvgIpc) is 3.07. The van der Waals surface area contributed by atoms with E-state index in [9.17, 15) is 18.8 Å². The van der Waals surface area contributed by atoms with Crippen molar-refractivity contribution in [2.24, 2.45) is 5.10 Å². The van der Waals surface area contributed by atoms with E-state index >= 15 is 0 Å². The first-order valence-corrected chi connectivity index (χ1v) is 9.16. The molecule has 0 aliphatic carbocycles. The van der Waals surface area contributed by atoms with Crippen LogP contribution in [0.2, 0.25) is 0 Å². The molecule has 1 atom stereocenters. The summed E-state index contributed by atoms with van der Waals surface area (Å²) < 4.78 is 24.8. The van der Waals surface area contributed by atoms with Gasteiger partial charge in [-0.05, 0) is 25.1 Å². The lowest BCUT2D eigenvalue weighted by atomic mass is 10.2. The number of halogens is 1. The molecule has 11 heteroatoms. The first-order chi connectivity index (χ1) is 13.9. The zero-order valence-corrected chi connectivity index (χ0v) is 16.1. The van der Waals surface area contributed by atoms with Crippen LogP contribution >= 0.6 is 0 Å². The molecule has 0 saturated carbocycles. The van der Waals surface area contributed by atoms with Crippen LogP contribution in [0.3, 0.4) is 0 Å². The van der Waals surface area contributed by atoms with Crippen LogP contribution in [-0.4, -0.2) is 68.3 Å². The van der Waals surface area contributed by atoms with Gasteiger partial charge in [0.1, 0.15) is 18.3 Å². The van der Waals surface area contributed by atoms with Gasteiger partial charge in [-0.25, -0.2) is 14.0 Å². The van der Waals surface area contributed by atoms with E-state index in [1.807, 2.05) is 0 Å². The number of rotatable bonds is 5. The van der Waals surface area contributed by atoms with Crippen molar-refractivity contribution in [3.05, 3.63) is 24.0 Å². The molecule has 1 N–H and O–H groups in total. The molecule has 10 nitrogen and oxygen atoms in total. The zero-order chi connectivity index (χ0) is 21.0. The lowest BCUT2D eigenvalue weighted by Crippen LogP contribution is -2.41. The third-order valence-corrected chi connectivity index (χ3v) is 4.37. The van der Waals surface area contributed by atoms with Gasteiger partial charge in [0.2, 0.25) is 5.91 Å². The Kier molecular flexibility index (Phi) is 6.15. The lowest BCUT2D eigenvalue weighted by Gasteiger charge is -2.28. The summed E-state index contributed by atoms with van der Waals surface area (Å²) in [6.07, 6.45) is -0.304. The van der Waals surface area contributed by atoms with E-state index in [0.29, 0.717) is 12.2 Å².